The summed E-state index contributed by atoms with van der Waals surface area (Å²) < 4.78 is 10.6. The lowest BCUT2D eigenvalue weighted by molar-refractivity contribution is 0.0716. The summed E-state index contributed by atoms with van der Waals surface area (Å²) in [7, 11) is 3.10. The third-order valence-corrected chi connectivity index (χ3v) is 4.63. The van der Waals surface area contributed by atoms with E-state index >= 15 is 0 Å². The zero-order chi connectivity index (χ0) is 19.2. The number of benzene rings is 1. The molecule has 1 aromatic heterocycles. The fraction of sp³-hybridized carbons (Fsp3) is 0.350. The smallest absolute Gasteiger partial charge is 0.257 e. The number of methoxy groups -OCH3 is 2. The highest BCUT2D eigenvalue weighted by Gasteiger charge is 2.25. The predicted molar refractivity (Wildman–Crippen MR) is 100 cm³/mol. The third kappa shape index (κ3) is 4.19. The first kappa shape index (κ1) is 18.7. The van der Waals surface area contributed by atoms with Gasteiger partial charge in [0.15, 0.2) is 0 Å². The Balaban J connectivity index is 1.73. The van der Waals surface area contributed by atoms with Gasteiger partial charge >= 0.3 is 0 Å². The van der Waals surface area contributed by atoms with Crippen LogP contribution in [0.5, 0.6) is 11.5 Å². The number of ether oxygens (including phenoxy) is 2. The summed E-state index contributed by atoms with van der Waals surface area (Å²) in [5.74, 6) is 0.952. The summed E-state index contributed by atoms with van der Waals surface area (Å²) in [5, 5.41) is 0. The minimum Gasteiger partial charge on any atom is -0.497 e. The molecule has 27 heavy (non-hydrogen) atoms. The number of pyridine rings is 1. The number of hydrogen-bond acceptors (Lipinski definition) is 5. The van der Waals surface area contributed by atoms with Crippen LogP contribution in [-0.2, 0) is 0 Å². The molecule has 1 aromatic carbocycles. The minimum absolute atomic E-state index is 0.0364. The molecule has 0 saturated carbocycles. The normalized spacial score (nSPS) is 14.4. The second-order valence-electron chi connectivity index (χ2n) is 6.24. The van der Waals surface area contributed by atoms with Gasteiger partial charge in [-0.1, -0.05) is 0 Å². The van der Waals surface area contributed by atoms with E-state index in [1.165, 1.54) is 7.11 Å². The second-order valence-corrected chi connectivity index (χ2v) is 6.24. The van der Waals surface area contributed by atoms with Crippen molar-refractivity contribution in [2.75, 3.05) is 40.4 Å². The maximum absolute atomic E-state index is 13.0. The first-order chi connectivity index (χ1) is 13.1. The third-order valence-electron chi connectivity index (χ3n) is 4.63. The lowest BCUT2D eigenvalue weighted by Crippen LogP contribution is -2.37. The molecule has 0 bridgehead atoms. The van der Waals surface area contributed by atoms with E-state index in [2.05, 4.69) is 4.98 Å². The summed E-state index contributed by atoms with van der Waals surface area (Å²) in [5.41, 5.74) is 1.07. The highest BCUT2D eigenvalue weighted by atomic mass is 16.5. The Labute approximate surface area is 158 Å². The summed E-state index contributed by atoms with van der Waals surface area (Å²) in [6, 6.07) is 8.58. The standard InChI is InChI=1S/C20H23N3O4/c1-26-16-4-5-18(27-2)17(14-16)20(25)23-11-3-10-22(12-13-23)19(24)15-6-8-21-9-7-15/h4-9,14H,3,10-13H2,1-2H3. The van der Waals surface area contributed by atoms with E-state index < -0.39 is 0 Å². The zero-order valence-corrected chi connectivity index (χ0v) is 15.6. The maximum Gasteiger partial charge on any atom is 0.257 e. The van der Waals surface area contributed by atoms with Crippen molar-refractivity contribution in [2.24, 2.45) is 0 Å². The van der Waals surface area contributed by atoms with Gasteiger partial charge in [-0.15, -0.1) is 0 Å². The second kappa shape index (κ2) is 8.53. The molecule has 1 aliphatic rings. The minimum atomic E-state index is -0.121. The molecule has 7 heteroatoms. The molecule has 0 atom stereocenters. The average Bonchev–Trinajstić information content (AvgIpc) is 2.99. The molecule has 1 aliphatic heterocycles. The number of nitrogens with zero attached hydrogens (tertiary/aromatic N) is 3. The van der Waals surface area contributed by atoms with E-state index in [-0.39, 0.29) is 11.8 Å². The Morgan fingerprint density at radius 1 is 0.889 bits per heavy atom. The Kier molecular flexibility index (Phi) is 5.90. The van der Waals surface area contributed by atoms with Gasteiger partial charge in [-0.05, 0) is 36.8 Å². The zero-order valence-electron chi connectivity index (χ0n) is 15.6. The lowest BCUT2D eigenvalue weighted by atomic mass is 10.1. The van der Waals surface area contributed by atoms with Crippen LogP contribution in [0.4, 0.5) is 0 Å². The van der Waals surface area contributed by atoms with Gasteiger partial charge in [-0.2, -0.15) is 0 Å². The molecular weight excluding hydrogens is 346 g/mol. The molecule has 0 N–H and O–H groups in total. The average molecular weight is 369 g/mol. The van der Waals surface area contributed by atoms with Crippen molar-refractivity contribution in [2.45, 2.75) is 6.42 Å². The number of amides is 2. The van der Waals surface area contributed by atoms with E-state index in [1.807, 2.05) is 0 Å². The van der Waals surface area contributed by atoms with Crippen molar-refractivity contribution < 1.29 is 19.1 Å². The van der Waals surface area contributed by atoms with E-state index in [9.17, 15) is 9.59 Å². The van der Waals surface area contributed by atoms with Gasteiger partial charge < -0.3 is 19.3 Å². The monoisotopic (exact) mass is 369 g/mol. The Hall–Kier alpha value is -3.09. The summed E-state index contributed by atoms with van der Waals surface area (Å²) in [6.45, 7) is 2.15. The molecule has 3 rings (SSSR count). The molecule has 2 amide bonds. The van der Waals surface area contributed by atoms with E-state index in [0.717, 1.165) is 6.42 Å². The van der Waals surface area contributed by atoms with Crippen LogP contribution in [0.3, 0.4) is 0 Å². The van der Waals surface area contributed by atoms with E-state index in [0.29, 0.717) is 48.8 Å². The quantitative estimate of drug-likeness (QED) is 0.825. The van der Waals surface area contributed by atoms with Gasteiger partial charge in [0, 0.05) is 44.1 Å². The first-order valence-corrected chi connectivity index (χ1v) is 8.84. The molecule has 0 spiro atoms. The molecule has 1 fully saturated rings. The van der Waals surface area contributed by atoms with Crippen LogP contribution in [0.25, 0.3) is 0 Å². The summed E-state index contributed by atoms with van der Waals surface area (Å²) >= 11 is 0. The molecular formula is C20H23N3O4. The van der Waals surface area contributed by atoms with E-state index in [1.54, 1.807) is 59.6 Å². The number of aromatic nitrogens is 1. The lowest BCUT2D eigenvalue weighted by Gasteiger charge is -2.23. The first-order valence-electron chi connectivity index (χ1n) is 8.84. The van der Waals surface area contributed by atoms with Crippen LogP contribution in [-0.4, -0.2) is 67.0 Å². The fourth-order valence-electron chi connectivity index (χ4n) is 3.15. The Morgan fingerprint density at radius 3 is 2.19 bits per heavy atom. The highest BCUT2D eigenvalue weighted by Crippen LogP contribution is 2.25. The van der Waals surface area contributed by atoms with E-state index in [4.69, 9.17) is 9.47 Å². The molecule has 1 saturated heterocycles. The largest absolute Gasteiger partial charge is 0.497 e. The van der Waals surface area contributed by atoms with Crippen molar-refractivity contribution in [1.82, 2.24) is 14.8 Å². The molecule has 7 nitrogen and oxygen atoms in total. The number of rotatable bonds is 4. The van der Waals surface area contributed by atoms with Gasteiger partial charge in [0.25, 0.3) is 11.8 Å². The summed E-state index contributed by atoms with van der Waals surface area (Å²) in [4.78, 5) is 33.2. The number of carbonyl (C=O) groups is 2. The highest BCUT2D eigenvalue weighted by molar-refractivity contribution is 5.97. The van der Waals surface area contributed by atoms with Crippen LogP contribution in [0.15, 0.2) is 42.7 Å². The summed E-state index contributed by atoms with van der Waals surface area (Å²) in [6.07, 6.45) is 3.93. The van der Waals surface area contributed by atoms with Gasteiger partial charge in [-0.3, -0.25) is 14.6 Å². The SMILES string of the molecule is COc1ccc(OC)c(C(=O)N2CCCN(C(=O)c3ccncc3)CC2)c1. The number of carbonyl (C=O) groups excluding carboxylic acids is 2. The van der Waals surface area contributed by atoms with Crippen LogP contribution >= 0.6 is 0 Å². The maximum atomic E-state index is 13.0. The van der Waals surface area contributed by atoms with Gasteiger partial charge in [-0.25, -0.2) is 0 Å². The molecule has 0 unspecified atom stereocenters. The van der Waals surface area contributed by atoms with Gasteiger partial charge in [0.2, 0.25) is 0 Å². The van der Waals surface area contributed by atoms with Crippen LogP contribution in [0.2, 0.25) is 0 Å². The topological polar surface area (TPSA) is 72.0 Å². The van der Waals surface area contributed by atoms with Crippen molar-refractivity contribution >= 4 is 11.8 Å². The van der Waals surface area contributed by atoms with Crippen molar-refractivity contribution in [3.8, 4) is 11.5 Å². The predicted octanol–water partition coefficient (Wildman–Crippen LogP) is 2.09. The van der Waals surface area contributed by atoms with Crippen LogP contribution in [0, 0.1) is 0 Å². The van der Waals surface area contributed by atoms with Crippen LogP contribution < -0.4 is 9.47 Å². The fourth-order valence-corrected chi connectivity index (χ4v) is 3.15. The molecule has 142 valence electrons. The molecule has 2 aromatic rings. The Bertz CT molecular complexity index is 810. The van der Waals surface area contributed by atoms with Crippen molar-refractivity contribution in [3.63, 3.8) is 0 Å². The Morgan fingerprint density at radius 2 is 1.56 bits per heavy atom. The van der Waals surface area contributed by atoms with Crippen molar-refractivity contribution in [1.29, 1.82) is 0 Å². The van der Waals surface area contributed by atoms with Gasteiger partial charge in [0.1, 0.15) is 11.5 Å². The molecule has 0 aliphatic carbocycles. The van der Waals surface area contributed by atoms with Crippen molar-refractivity contribution in [3.05, 3.63) is 53.9 Å². The molecule has 2 heterocycles. The van der Waals surface area contributed by atoms with Crippen LogP contribution in [0.1, 0.15) is 27.1 Å². The molecule has 0 radical (unpaired) electrons. The van der Waals surface area contributed by atoms with Gasteiger partial charge in [0.05, 0.1) is 19.8 Å². The number of hydrogen-bond donors (Lipinski definition) is 0.